The molecule has 0 bridgehead atoms. The molecule has 0 atom stereocenters. The normalized spacial score (nSPS) is 17.0. The Morgan fingerprint density at radius 1 is 1.04 bits per heavy atom. The number of nitrogens with zero attached hydrogens (tertiary/aromatic N) is 1. The van der Waals surface area contributed by atoms with Gasteiger partial charge in [0.25, 0.3) is 5.91 Å². The summed E-state index contributed by atoms with van der Waals surface area (Å²) in [6.07, 6.45) is 0. The molecule has 0 radical (unpaired) electrons. The Balaban J connectivity index is 2.04. The van der Waals surface area contributed by atoms with Crippen molar-refractivity contribution in [2.45, 2.75) is 33.0 Å². The highest BCUT2D eigenvalue weighted by molar-refractivity contribution is 6.21. The van der Waals surface area contributed by atoms with Crippen molar-refractivity contribution in [2.75, 3.05) is 0 Å². The number of hydrogen-bond acceptors (Lipinski definition) is 2. The summed E-state index contributed by atoms with van der Waals surface area (Å²) in [6.45, 7) is 6.60. The van der Waals surface area contributed by atoms with E-state index in [4.69, 9.17) is 0 Å². The maximum atomic E-state index is 13.2. The molecule has 1 heterocycles. The lowest BCUT2D eigenvalue weighted by Crippen LogP contribution is -2.59. The van der Waals surface area contributed by atoms with Crippen molar-refractivity contribution in [2.24, 2.45) is 0 Å². The number of hydrogen-bond donors (Lipinski definition) is 1. The monoisotopic (exact) mass is 324 g/mol. The zero-order valence-electron chi connectivity index (χ0n) is 14.1. The lowest BCUT2D eigenvalue weighted by molar-refractivity contribution is -0.120. The largest absolute Gasteiger partial charge is 0.348 e. The summed E-state index contributed by atoms with van der Waals surface area (Å²) >= 11 is 0. The van der Waals surface area contributed by atoms with Crippen LogP contribution in [0.2, 0.25) is 0 Å². The fourth-order valence-electron chi connectivity index (χ4n) is 3.17. The minimum atomic E-state index is -0.499. The van der Waals surface area contributed by atoms with Crippen molar-refractivity contribution in [3.8, 4) is 0 Å². The number of carbonyl (C=O) groups excluding carboxylic acids is 1. The standard InChI is InChI=1S/C20H21FN2O/c1-14-18(16-9-11-17(21)12-10-16)19(24)22-20(2,3)23(14)13-15-7-5-4-6-8-15/h4-12H,13H2,1-3H3,(H,22,24). The Hall–Kier alpha value is -2.62. The van der Waals surface area contributed by atoms with Crippen LogP contribution in [-0.4, -0.2) is 16.5 Å². The second kappa shape index (κ2) is 6.11. The highest BCUT2D eigenvalue weighted by Gasteiger charge is 2.37. The van der Waals surface area contributed by atoms with E-state index in [1.807, 2.05) is 39.0 Å². The van der Waals surface area contributed by atoms with Gasteiger partial charge < -0.3 is 10.2 Å². The number of nitrogens with one attached hydrogen (secondary N) is 1. The molecule has 2 aromatic carbocycles. The van der Waals surface area contributed by atoms with E-state index >= 15 is 0 Å². The second-order valence-corrected chi connectivity index (χ2v) is 6.55. The van der Waals surface area contributed by atoms with Crippen LogP contribution in [0.4, 0.5) is 4.39 Å². The molecule has 0 aliphatic carbocycles. The summed E-state index contributed by atoms with van der Waals surface area (Å²) in [5.41, 5.74) is 2.87. The molecule has 0 fully saturated rings. The summed E-state index contributed by atoms with van der Waals surface area (Å²) in [5.74, 6) is -0.442. The molecule has 2 aromatic rings. The van der Waals surface area contributed by atoms with Gasteiger partial charge in [-0.25, -0.2) is 4.39 Å². The Morgan fingerprint density at radius 2 is 1.67 bits per heavy atom. The van der Waals surface area contributed by atoms with Gasteiger partial charge in [-0.3, -0.25) is 4.79 Å². The van der Waals surface area contributed by atoms with Gasteiger partial charge in [0.05, 0.1) is 5.57 Å². The minimum absolute atomic E-state index is 0.131. The molecule has 1 N–H and O–H groups in total. The molecular formula is C20H21FN2O. The summed E-state index contributed by atoms with van der Waals surface area (Å²) < 4.78 is 13.2. The fraction of sp³-hybridized carbons (Fsp3) is 0.250. The van der Waals surface area contributed by atoms with Crippen LogP contribution in [0, 0.1) is 5.82 Å². The zero-order chi connectivity index (χ0) is 17.3. The summed E-state index contributed by atoms with van der Waals surface area (Å²) in [4.78, 5) is 14.8. The van der Waals surface area contributed by atoms with Crippen molar-refractivity contribution in [1.82, 2.24) is 10.2 Å². The van der Waals surface area contributed by atoms with Crippen molar-refractivity contribution >= 4 is 11.5 Å². The van der Waals surface area contributed by atoms with Crippen molar-refractivity contribution in [3.63, 3.8) is 0 Å². The molecule has 1 aliphatic rings. The van der Waals surface area contributed by atoms with Gasteiger partial charge in [0.15, 0.2) is 0 Å². The maximum absolute atomic E-state index is 13.2. The highest BCUT2D eigenvalue weighted by atomic mass is 19.1. The third-order valence-corrected chi connectivity index (χ3v) is 4.40. The van der Waals surface area contributed by atoms with Crippen LogP contribution < -0.4 is 5.32 Å². The van der Waals surface area contributed by atoms with E-state index in [2.05, 4.69) is 22.3 Å². The van der Waals surface area contributed by atoms with Crippen LogP contribution in [0.1, 0.15) is 31.9 Å². The van der Waals surface area contributed by atoms with Crippen LogP contribution in [0.25, 0.3) is 5.57 Å². The first kappa shape index (κ1) is 16.2. The van der Waals surface area contributed by atoms with Gasteiger partial charge in [-0.2, -0.15) is 0 Å². The average Bonchev–Trinajstić information content (AvgIpc) is 2.54. The molecule has 0 saturated heterocycles. The SMILES string of the molecule is CC1=C(c2ccc(F)cc2)C(=O)NC(C)(C)N1Cc1ccccc1. The predicted molar refractivity (Wildman–Crippen MR) is 93.2 cm³/mol. The third kappa shape index (κ3) is 3.04. The molecule has 0 saturated carbocycles. The van der Waals surface area contributed by atoms with Crippen molar-refractivity contribution < 1.29 is 9.18 Å². The van der Waals surface area contributed by atoms with E-state index < -0.39 is 5.66 Å². The van der Waals surface area contributed by atoms with Crippen LogP contribution in [0.5, 0.6) is 0 Å². The van der Waals surface area contributed by atoms with E-state index in [0.717, 1.165) is 11.3 Å². The molecule has 0 aromatic heterocycles. The Morgan fingerprint density at radius 3 is 2.29 bits per heavy atom. The van der Waals surface area contributed by atoms with Crippen LogP contribution in [-0.2, 0) is 11.3 Å². The van der Waals surface area contributed by atoms with Gasteiger partial charge >= 0.3 is 0 Å². The lowest BCUT2D eigenvalue weighted by atomic mass is 9.96. The quantitative estimate of drug-likeness (QED) is 0.928. The van der Waals surface area contributed by atoms with Gasteiger partial charge in [-0.05, 0) is 44.0 Å². The lowest BCUT2D eigenvalue weighted by Gasteiger charge is -2.46. The number of rotatable bonds is 3. The predicted octanol–water partition coefficient (Wildman–Crippen LogP) is 3.92. The maximum Gasteiger partial charge on any atom is 0.255 e. The van der Waals surface area contributed by atoms with E-state index in [0.29, 0.717) is 12.1 Å². The minimum Gasteiger partial charge on any atom is -0.348 e. The summed E-state index contributed by atoms with van der Waals surface area (Å²) in [6, 6.07) is 16.2. The summed E-state index contributed by atoms with van der Waals surface area (Å²) in [7, 11) is 0. The molecule has 1 amide bonds. The molecule has 124 valence electrons. The molecule has 0 unspecified atom stereocenters. The molecule has 3 rings (SSSR count). The van der Waals surface area contributed by atoms with E-state index in [9.17, 15) is 9.18 Å². The first-order valence-electron chi connectivity index (χ1n) is 7.99. The molecule has 24 heavy (non-hydrogen) atoms. The van der Waals surface area contributed by atoms with E-state index in [-0.39, 0.29) is 11.7 Å². The van der Waals surface area contributed by atoms with Gasteiger partial charge in [-0.15, -0.1) is 0 Å². The Labute approximate surface area is 141 Å². The zero-order valence-corrected chi connectivity index (χ0v) is 14.1. The first-order valence-corrected chi connectivity index (χ1v) is 7.99. The fourth-order valence-corrected chi connectivity index (χ4v) is 3.17. The topological polar surface area (TPSA) is 32.3 Å². The molecule has 0 spiro atoms. The molecular weight excluding hydrogens is 303 g/mol. The molecule has 4 heteroatoms. The molecule has 3 nitrogen and oxygen atoms in total. The van der Waals surface area contributed by atoms with Crippen molar-refractivity contribution in [3.05, 3.63) is 77.2 Å². The first-order chi connectivity index (χ1) is 11.4. The van der Waals surface area contributed by atoms with Gasteiger partial charge in [0, 0.05) is 12.2 Å². The van der Waals surface area contributed by atoms with Gasteiger partial charge in [0.1, 0.15) is 11.5 Å². The van der Waals surface area contributed by atoms with Crippen LogP contribution in [0.15, 0.2) is 60.3 Å². The van der Waals surface area contributed by atoms with Gasteiger partial charge in [-0.1, -0.05) is 42.5 Å². The average molecular weight is 324 g/mol. The Kier molecular flexibility index (Phi) is 4.14. The Bertz CT molecular complexity index is 779. The number of allylic oxidation sites excluding steroid dienone is 1. The number of amides is 1. The third-order valence-electron chi connectivity index (χ3n) is 4.40. The van der Waals surface area contributed by atoms with Crippen LogP contribution >= 0.6 is 0 Å². The number of carbonyl (C=O) groups is 1. The second-order valence-electron chi connectivity index (χ2n) is 6.55. The van der Waals surface area contributed by atoms with Crippen LogP contribution in [0.3, 0.4) is 0 Å². The van der Waals surface area contributed by atoms with E-state index in [1.54, 1.807) is 12.1 Å². The summed E-state index contributed by atoms with van der Waals surface area (Å²) in [5, 5.41) is 3.05. The molecule has 1 aliphatic heterocycles. The van der Waals surface area contributed by atoms with Gasteiger partial charge in [0.2, 0.25) is 0 Å². The number of benzene rings is 2. The van der Waals surface area contributed by atoms with E-state index in [1.165, 1.54) is 17.7 Å². The number of halogens is 1. The van der Waals surface area contributed by atoms with Crippen molar-refractivity contribution in [1.29, 1.82) is 0 Å². The smallest absolute Gasteiger partial charge is 0.255 e. The highest BCUT2D eigenvalue weighted by Crippen LogP contribution is 2.32.